The van der Waals surface area contributed by atoms with Crippen molar-refractivity contribution in [2.24, 2.45) is 5.92 Å². The molecule has 25 heavy (non-hydrogen) atoms. The van der Waals surface area contributed by atoms with Gasteiger partial charge < -0.3 is 10.2 Å². The molecule has 1 aromatic carbocycles. The molecule has 6 nitrogen and oxygen atoms in total. The minimum absolute atomic E-state index is 0.0107. The number of imide groups is 1. The van der Waals surface area contributed by atoms with Gasteiger partial charge in [0.2, 0.25) is 5.91 Å². The van der Waals surface area contributed by atoms with Gasteiger partial charge in [-0.05, 0) is 43.5 Å². The number of likely N-dealkylation sites (tertiary alicyclic amines) is 1. The maximum absolute atomic E-state index is 13.1. The number of amides is 4. The van der Waals surface area contributed by atoms with Crippen LogP contribution in [0.5, 0.6) is 0 Å². The summed E-state index contributed by atoms with van der Waals surface area (Å²) < 4.78 is 13.1. The maximum Gasteiger partial charge on any atom is 0.329 e. The number of nitrogens with zero attached hydrogens (tertiary/aromatic N) is 2. The summed E-state index contributed by atoms with van der Waals surface area (Å²) in [5.41, 5.74) is 0.308. The van der Waals surface area contributed by atoms with Gasteiger partial charge in [0, 0.05) is 12.5 Å². The fourth-order valence-corrected chi connectivity index (χ4v) is 4.19. The highest BCUT2D eigenvalue weighted by Crippen LogP contribution is 2.32. The lowest BCUT2D eigenvalue weighted by Gasteiger charge is -2.37. The zero-order valence-corrected chi connectivity index (χ0v) is 13.8. The summed E-state index contributed by atoms with van der Waals surface area (Å²) in [5.74, 6) is -0.841. The molecule has 132 valence electrons. The Hall–Kier alpha value is -2.44. The van der Waals surface area contributed by atoms with Crippen molar-refractivity contribution >= 4 is 23.5 Å². The lowest BCUT2D eigenvalue weighted by molar-refractivity contribution is -0.141. The van der Waals surface area contributed by atoms with Crippen LogP contribution in [-0.2, 0) is 9.59 Å². The molecule has 0 radical (unpaired) electrons. The van der Waals surface area contributed by atoms with Crippen molar-refractivity contribution in [3.05, 3.63) is 30.1 Å². The molecule has 4 rings (SSSR count). The normalized spacial score (nSPS) is 26.8. The second-order valence-corrected chi connectivity index (χ2v) is 6.95. The summed E-state index contributed by atoms with van der Waals surface area (Å²) in [6, 6.07) is 3.66. The minimum Gasteiger partial charge on any atom is -0.332 e. The molecule has 3 fully saturated rings. The third kappa shape index (κ3) is 2.67. The van der Waals surface area contributed by atoms with Crippen molar-refractivity contribution in [2.45, 2.75) is 44.2 Å². The molecule has 0 bridgehead atoms. The van der Waals surface area contributed by atoms with Crippen LogP contribution in [-0.4, -0.2) is 41.4 Å². The second kappa shape index (κ2) is 6.13. The van der Waals surface area contributed by atoms with Crippen LogP contribution in [0.1, 0.15) is 32.1 Å². The van der Waals surface area contributed by atoms with Crippen LogP contribution < -0.4 is 10.2 Å². The van der Waals surface area contributed by atoms with Crippen molar-refractivity contribution in [3.63, 3.8) is 0 Å². The Balaban J connectivity index is 1.61. The van der Waals surface area contributed by atoms with Gasteiger partial charge in [-0.15, -0.1) is 0 Å². The average Bonchev–Trinajstić information content (AvgIpc) is 3.25. The number of rotatable bonds is 2. The molecule has 0 unspecified atom stereocenters. The quantitative estimate of drug-likeness (QED) is 0.892. The highest BCUT2D eigenvalue weighted by atomic mass is 19.1. The molecule has 2 aliphatic heterocycles. The first-order chi connectivity index (χ1) is 12.1. The van der Waals surface area contributed by atoms with Crippen molar-refractivity contribution in [2.75, 3.05) is 11.4 Å². The van der Waals surface area contributed by atoms with Crippen LogP contribution in [0.3, 0.4) is 0 Å². The Labute approximate surface area is 145 Å². The zero-order valence-electron chi connectivity index (χ0n) is 13.8. The number of anilines is 1. The van der Waals surface area contributed by atoms with Crippen molar-refractivity contribution < 1.29 is 18.8 Å². The van der Waals surface area contributed by atoms with Gasteiger partial charge in [-0.25, -0.2) is 14.1 Å². The SMILES string of the molecule is O=C1N[C@@H]2CCN(C(=O)C3CCCC3)[C@H]2C(=O)N1c1ccc(F)cc1. The van der Waals surface area contributed by atoms with E-state index in [2.05, 4.69) is 5.32 Å². The van der Waals surface area contributed by atoms with E-state index in [-0.39, 0.29) is 17.9 Å². The standard InChI is InChI=1S/C18H20FN3O3/c19-12-5-7-13(8-6-12)22-17(24)15-14(20-18(22)25)9-10-21(15)16(23)11-3-1-2-4-11/h5-8,11,14-15H,1-4,9-10H2,(H,20,25)/t14-,15-/m1/s1. The third-order valence-corrected chi connectivity index (χ3v) is 5.46. The van der Waals surface area contributed by atoms with E-state index in [0.29, 0.717) is 18.7 Å². The van der Waals surface area contributed by atoms with E-state index in [9.17, 15) is 18.8 Å². The van der Waals surface area contributed by atoms with E-state index in [4.69, 9.17) is 0 Å². The predicted molar refractivity (Wildman–Crippen MR) is 88.3 cm³/mol. The second-order valence-electron chi connectivity index (χ2n) is 6.95. The van der Waals surface area contributed by atoms with Gasteiger partial charge in [-0.2, -0.15) is 0 Å². The summed E-state index contributed by atoms with van der Waals surface area (Å²) in [4.78, 5) is 40.8. The van der Waals surface area contributed by atoms with E-state index in [0.717, 1.165) is 30.6 Å². The van der Waals surface area contributed by atoms with E-state index >= 15 is 0 Å². The van der Waals surface area contributed by atoms with Gasteiger partial charge >= 0.3 is 6.03 Å². The predicted octanol–water partition coefficient (Wildman–Crippen LogP) is 2.04. The zero-order chi connectivity index (χ0) is 17.6. The van der Waals surface area contributed by atoms with Crippen LogP contribution in [0.4, 0.5) is 14.9 Å². The number of carbonyl (C=O) groups is 3. The monoisotopic (exact) mass is 345 g/mol. The number of hydrogen-bond acceptors (Lipinski definition) is 3. The number of carbonyl (C=O) groups excluding carboxylic acids is 3. The Morgan fingerprint density at radius 3 is 2.44 bits per heavy atom. The summed E-state index contributed by atoms with van der Waals surface area (Å²) in [6.07, 6.45) is 4.41. The molecule has 2 atom stereocenters. The number of benzene rings is 1. The Bertz CT molecular complexity index is 715. The molecule has 1 aromatic rings. The maximum atomic E-state index is 13.1. The Morgan fingerprint density at radius 2 is 1.76 bits per heavy atom. The number of nitrogens with one attached hydrogen (secondary N) is 1. The molecule has 0 aromatic heterocycles. The number of urea groups is 1. The third-order valence-electron chi connectivity index (χ3n) is 5.46. The average molecular weight is 345 g/mol. The molecular weight excluding hydrogens is 325 g/mol. The molecule has 1 saturated carbocycles. The van der Waals surface area contributed by atoms with Gasteiger partial charge in [0.1, 0.15) is 11.9 Å². The molecule has 1 aliphatic carbocycles. The van der Waals surface area contributed by atoms with Gasteiger partial charge in [0.05, 0.1) is 11.7 Å². The fourth-order valence-electron chi connectivity index (χ4n) is 4.19. The molecule has 4 amide bonds. The van der Waals surface area contributed by atoms with Gasteiger partial charge in [0.15, 0.2) is 0 Å². The molecule has 0 spiro atoms. The van der Waals surface area contributed by atoms with Crippen molar-refractivity contribution in [1.29, 1.82) is 0 Å². The molecule has 1 N–H and O–H groups in total. The van der Waals surface area contributed by atoms with Crippen LogP contribution in [0.2, 0.25) is 0 Å². The number of hydrogen-bond donors (Lipinski definition) is 1. The van der Waals surface area contributed by atoms with E-state index < -0.39 is 23.8 Å². The number of fused-ring (bicyclic) bond motifs is 1. The molecule has 7 heteroatoms. The van der Waals surface area contributed by atoms with Crippen LogP contribution in [0, 0.1) is 11.7 Å². The Morgan fingerprint density at radius 1 is 1.08 bits per heavy atom. The van der Waals surface area contributed by atoms with Crippen LogP contribution in [0.25, 0.3) is 0 Å². The largest absolute Gasteiger partial charge is 0.332 e. The highest BCUT2D eigenvalue weighted by molar-refractivity contribution is 6.19. The first kappa shape index (κ1) is 16.1. The Kier molecular flexibility index (Phi) is 3.94. The smallest absolute Gasteiger partial charge is 0.329 e. The highest BCUT2D eigenvalue weighted by Gasteiger charge is 2.50. The molecule has 2 saturated heterocycles. The summed E-state index contributed by atoms with van der Waals surface area (Å²) in [7, 11) is 0. The van der Waals surface area contributed by atoms with Crippen molar-refractivity contribution in [1.82, 2.24) is 10.2 Å². The van der Waals surface area contributed by atoms with Crippen molar-refractivity contribution in [3.8, 4) is 0 Å². The summed E-state index contributed by atoms with van der Waals surface area (Å²) in [5, 5.41) is 2.83. The first-order valence-electron chi connectivity index (χ1n) is 8.77. The summed E-state index contributed by atoms with van der Waals surface area (Å²) >= 11 is 0. The van der Waals surface area contributed by atoms with Gasteiger partial charge in [0.25, 0.3) is 5.91 Å². The van der Waals surface area contributed by atoms with Crippen LogP contribution in [0.15, 0.2) is 24.3 Å². The van der Waals surface area contributed by atoms with Crippen LogP contribution >= 0.6 is 0 Å². The first-order valence-corrected chi connectivity index (χ1v) is 8.77. The minimum atomic E-state index is -0.671. The van der Waals surface area contributed by atoms with E-state index in [1.807, 2.05) is 0 Å². The van der Waals surface area contributed by atoms with Gasteiger partial charge in [-0.3, -0.25) is 9.59 Å². The van der Waals surface area contributed by atoms with E-state index in [1.165, 1.54) is 24.3 Å². The lowest BCUT2D eigenvalue weighted by atomic mass is 10.0. The van der Waals surface area contributed by atoms with Gasteiger partial charge in [-0.1, -0.05) is 12.8 Å². The topological polar surface area (TPSA) is 69.7 Å². The molecule has 2 heterocycles. The number of halogens is 1. The van der Waals surface area contributed by atoms with E-state index in [1.54, 1.807) is 4.90 Å². The summed E-state index contributed by atoms with van der Waals surface area (Å²) in [6.45, 7) is 0.480. The molecule has 3 aliphatic rings. The lowest BCUT2D eigenvalue weighted by Crippen LogP contribution is -2.65. The fraction of sp³-hybridized carbons (Fsp3) is 0.500. The molecular formula is C18H20FN3O3.